The van der Waals surface area contributed by atoms with Gasteiger partial charge in [0.2, 0.25) is 0 Å². The van der Waals surface area contributed by atoms with Crippen LogP contribution in [0, 0.1) is 3.57 Å². The van der Waals surface area contributed by atoms with Crippen molar-refractivity contribution in [1.82, 2.24) is 0 Å². The van der Waals surface area contributed by atoms with Gasteiger partial charge in [0, 0.05) is 8.95 Å². The molecule has 0 aliphatic heterocycles. The zero-order valence-corrected chi connectivity index (χ0v) is 8.94. The van der Waals surface area contributed by atoms with Crippen LogP contribution in [0.15, 0.2) is 11.4 Å². The van der Waals surface area contributed by atoms with Crippen molar-refractivity contribution in [2.75, 3.05) is 6.61 Å². The summed E-state index contributed by atoms with van der Waals surface area (Å²) in [7, 11) is 0. The highest BCUT2D eigenvalue weighted by molar-refractivity contribution is 14.1. The second kappa shape index (κ2) is 4.06. The van der Waals surface area contributed by atoms with Gasteiger partial charge in [0.15, 0.2) is 0 Å². The van der Waals surface area contributed by atoms with Crippen molar-refractivity contribution in [2.24, 2.45) is 0 Å². The number of carbonyl (C=O) groups is 1. The molecule has 0 aromatic carbocycles. The molecule has 0 saturated heterocycles. The molecule has 0 spiro atoms. The third kappa shape index (κ3) is 2.44. The Morgan fingerprint density at radius 1 is 1.82 bits per heavy atom. The second-order valence-electron chi connectivity index (χ2n) is 1.85. The summed E-state index contributed by atoms with van der Waals surface area (Å²) < 4.78 is 5.89. The molecule has 2 nitrogen and oxygen atoms in total. The van der Waals surface area contributed by atoms with Crippen molar-refractivity contribution >= 4 is 39.9 Å². The van der Waals surface area contributed by atoms with Gasteiger partial charge in [-0.25, -0.2) is 4.79 Å². The molecule has 11 heavy (non-hydrogen) atoms. The van der Waals surface area contributed by atoms with Gasteiger partial charge < -0.3 is 4.74 Å². The highest BCUT2D eigenvalue weighted by Gasteiger charge is 2.07. The zero-order chi connectivity index (χ0) is 8.27. The lowest BCUT2D eigenvalue weighted by atomic mass is 10.5. The largest absolute Gasteiger partial charge is 0.462 e. The number of thiophene rings is 1. The third-order valence-electron chi connectivity index (χ3n) is 1.04. The average Bonchev–Trinajstić information content (AvgIpc) is 2.36. The Morgan fingerprint density at radius 2 is 2.55 bits per heavy atom. The van der Waals surface area contributed by atoms with Gasteiger partial charge in [-0.1, -0.05) is 0 Å². The van der Waals surface area contributed by atoms with E-state index >= 15 is 0 Å². The molecule has 1 heterocycles. The maximum atomic E-state index is 11.0. The first kappa shape index (κ1) is 8.99. The minimum absolute atomic E-state index is 0.222. The zero-order valence-electron chi connectivity index (χ0n) is 5.96. The van der Waals surface area contributed by atoms with Crippen LogP contribution in [0.4, 0.5) is 0 Å². The van der Waals surface area contributed by atoms with Crippen LogP contribution in [0.2, 0.25) is 0 Å². The van der Waals surface area contributed by atoms with E-state index in [0.29, 0.717) is 11.5 Å². The van der Waals surface area contributed by atoms with Crippen molar-refractivity contribution in [2.45, 2.75) is 6.92 Å². The molecule has 0 radical (unpaired) electrons. The highest BCUT2D eigenvalue weighted by atomic mass is 127. The molecule has 0 N–H and O–H groups in total. The lowest BCUT2D eigenvalue weighted by molar-refractivity contribution is 0.0532. The maximum absolute atomic E-state index is 11.0. The minimum Gasteiger partial charge on any atom is -0.462 e. The van der Waals surface area contributed by atoms with Gasteiger partial charge in [0.05, 0.1) is 6.61 Å². The van der Waals surface area contributed by atoms with Gasteiger partial charge in [-0.15, -0.1) is 11.3 Å². The van der Waals surface area contributed by atoms with Gasteiger partial charge >= 0.3 is 5.97 Å². The Kier molecular flexibility index (Phi) is 3.32. The van der Waals surface area contributed by atoms with Gasteiger partial charge in [-0.2, -0.15) is 0 Å². The summed E-state index contributed by atoms with van der Waals surface area (Å²) in [5.74, 6) is -0.222. The topological polar surface area (TPSA) is 26.3 Å². The highest BCUT2D eigenvalue weighted by Crippen LogP contribution is 2.16. The van der Waals surface area contributed by atoms with Crippen molar-refractivity contribution in [3.8, 4) is 0 Å². The van der Waals surface area contributed by atoms with Crippen LogP contribution < -0.4 is 0 Å². The van der Waals surface area contributed by atoms with Crippen LogP contribution in [-0.2, 0) is 4.74 Å². The molecule has 1 aromatic heterocycles. The Morgan fingerprint density at radius 3 is 3.00 bits per heavy atom. The summed E-state index contributed by atoms with van der Waals surface area (Å²) in [5.41, 5.74) is 0. The lowest BCUT2D eigenvalue weighted by Crippen LogP contribution is -2.01. The fraction of sp³-hybridized carbons (Fsp3) is 0.286. The molecular formula is C7H7IO2S. The molecule has 0 fully saturated rings. The Hall–Kier alpha value is -0.100. The van der Waals surface area contributed by atoms with E-state index in [1.807, 2.05) is 11.4 Å². The quantitative estimate of drug-likeness (QED) is 0.615. The summed E-state index contributed by atoms with van der Waals surface area (Å²) in [6.07, 6.45) is 0. The second-order valence-corrected chi connectivity index (χ2v) is 4.01. The van der Waals surface area contributed by atoms with Crippen LogP contribution >= 0.6 is 33.9 Å². The summed E-state index contributed by atoms with van der Waals surface area (Å²) in [6, 6.07) is 1.82. The smallest absolute Gasteiger partial charge is 0.348 e. The number of halogens is 1. The van der Waals surface area contributed by atoms with Gasteiger partial charge in [-0.05, 0) is 35.6 Å². The number of esters is 1. The van der Waals surface area contributed by atoms with Crippen LogP contribution in [0.5, 0.6) is 0 Å². The molecule has 0 aliphatic rings. The van der Waals surface area contributed by atoms with Crippen molar-refractivity contribution in [3.63, 3.8) is 0 Å². The van der Waals surface area contributed by atoms with Crippen LogP contribution in [0.3, 0.4) is 0 Å². The third-order valence-corrected chi connectivity index (χ3v) is 3.00. The van der Waals surface area contributed by atoms with Gasteiger partial charge in [-0.3, -0.25) is 0 Å². The van der Waals surface area contributed by atoms with E-state index in [1.54, 1.807) is 6.92 Å². The summed E-state index contributed by atoms with van der Waals surface area (Å²) >= 11 is 3.58. The van der Waals surface area contributed by atoms with E-state index in [-0.39, 0.29) is 5.97 Å². The van der Waals surface area contributed by atoms with E-state index in [4.69, 9.17) is 4.74 Å². The predicted octanol–water partition coefficient (Wildman–Crippen LogP) is 2.53. The summed E-state index contributed by atoms with van der Waals surface area (Å²) in [4.78, 5) is 11.7. The minimum atomic E-state index is -0.222. The monoisotopic (exact) mass is 282 g/mol. The van der Waals surface area contributed by atoms with E-state index in [2.05, 4.69) is 22.6 Å². The molecule has 0 bridgehead atoms. The lowest BCUT2D eigenvalue weighted by Gasteiger charge is -1.95. The predicted molar refractivity (Wildman–Crippen MR) is 53.0 cm³/mol. The van der Waals surface area contributed by atoms with Crippen LogP contribution in [0.1, 0.15) is 16.6 Å². The molecule has 0 unspecified atom stereocenters. The maximum Gasteiger partial charge on any atom is 0.348 e. The number of carbonyl (C=O) groups excluding carboxylic acids is 1. The Balaban J connectivity index is 2.69. The van der Waals surface area contributed by atoms with E-state index in [1.165, 1.54) is 11.3 Å². The molecular weight excluding hydrogens is 275 g/mol. The standard InChI is InChI=1S/C7H7IO2S/c1-2-10-7(9)6-3-5(8)4-11-6/h3-4H,2H2,1H3. The Labute approximate surface area is 82.7 Å². The average molecular weight is 282 g/mol. The Bertz CT molecular complexity index is 257. The molecule has 0 saturated carbocycles. The number of hydrogen-bond donors (Lipinski definition) is 0. The SMILES string of the molecule is CCOC(=O)c1cc(I)cs1. The normalized spacial score (nSPS) is 9.64. The fourth-order valence-corrected chi connectivity index (χ4v) is 2.18. The van der Waals surface area contributed by atoms with Gasteiger partial charge in [0.1, 0.15) is 4.88 Å². The summed E-state index contributed by atoms with van der Waals surface area (Å²) in [5, 5.41) is 1.92. The number of rotatable bonds is 2. The molecule has 0 amide bonds. The van der Waals surface area contributed by atoms with Crippen molar-refractivity contribution < 1.29 is 9.53 Å². The van der Waals surface area contributed by atoms with E-state index in [9.17, 15) is 4.79 Å². The molecule has 4 heteroatoms. The molecule has 60 valence electrons. The number of ether oxygens (including phenoxy) is 1. The summed E-state index contributed by atoms with van der Waals surface area (Å²) in [6.45, 7) is 2.24. The molecule has 0 atom stereocenters. The molecule has 1 rings (SSSR count). The van der Waals surface area contributed by atoms with Crippen LogP contribution in [-0.4, -0.2) is 12.6 Å². The first-order chi connectivity index (χ1) is 5.24. The van der Waals surface area contributed by atoms with Crippen LogP contribution in [0.25, 0.3) is 0 Å². The van der Waals surface area contributed by atoms with Crippen molar-refractivity contribution in [1.29, 1.82) is 0 Å². The molecule has 0 aliphatic carbocycles. The molecule has 1 aromatic rings. The fourth-order valence-electron chi connectivity index (χ4n) is 0.622. The van der Waals surface area contributed by atoms with E-state index < -0.39 is 0 Å². The van der Waals surface area contributed by atoms with Gasteiger partial charge in [0.25, 0.3) is 0 Å². The first-order valence-electron chi connectivity index (χ1n) is 3.15. The number of hydrogen-bond acceptors (Lipinski definition) is 3. The first-order valence-corrected chi connectivity index (χ1v) is 5.11. The van der Waals surface area contributed by atoms with Crippen molar-refractivity contribution in [3.05, 3.63) is 19.9 Å². The van der Waals surface area contributed by atoms with E-state index in [0.717, 1.165) is 3.57 Å².